The highest BCUT2D eigenvalue weighted by Crippen LogP contribution is 2.29. The Bertz CT molecular complexity index is 465. The molecule has 2 rings (SSSR count). The minimum Gasteiger partial charge on any atom is -0.307 e. The summed E-state index contributed by atoms with van der Waals surface area (Å²) in [4.78, 5) is 2.71. The van der Waals surface area contributed by atoms with Crippen molar-refractivity contribution in [3.63, 3.8) is 0 Å². The van der Waals surface area contributed by atoms with Gasteiger partial charge in [-0.2, -0.15) is 5.10 Å². The number of hydrogen-bond donors (Lipinski definition) is 1. The van der Waals surface area contributed by atoms with Crippen LogP contribution in [0.5, 0.6) is 0 Å². The Morgan fingerprint density at radius 3 is 2.62 bits per heavy atom. The van der Waals surface area contributed by atoms with Gasteiger partial charge < -0.3 is 5.32 Å². The summed E-state index contributed by atoms with van der Waals surface area (Å²) in [6.45, 7) is 4.31. The molecule has 0 radical (unpaired) electrons. The van der Waals surface area contributed by atoms with Crippen molar-refractivity contribution in [1.29, 1.82) is 0 Å². The van der Waals surface area contributed by atoms with Gasteiger partial charge in [0, 0.05) is 23.0 Å². The van der Waals surface area contributed by atoms with Crippen molar-refractivity contribution >= 4 is 11.3 Å². The first-order valence-corrected chi connectivity index (χ1v) is 6.17. The standard InChI is InChI=1S/C12H17N3S/c1-8-7-11(16-9(8)2)12(13-3)10-5-6-15(4)14-10/h5-7,12-13H,1-4H3. The second kappa shape index (κ2) is 4.39. The molecule has 0 amide bonds. The van der Waals surface area contributed by atoms with Crippen LogP contribution < -0.4 is 5.32 Å². The molecule has 16 heavy (non-hydrogen) atoms. The lowest BCUT2D eigenvalue weighted by Crippen LogP contribution is -2.17. The maximum atomic E-state index is 4.46. The van der Waals surface area contributed by atoms with Gasteiger partial charge in [-0.05, 0) is 38.6 Å². The maximum Gasteiger partial charge on any atom is 0.0861 e. The average Bonchev–Trinajstić information content (AvgIpc) is 2.77. The van der Waals surface area contributed by atoms with E-state index in [1.54, 1.807) is 0 Å². The molecule has 0 spiro atoms. The van der Waals surface area contributed by atoms with Crippen LogP contribution in [0.25, 0.3) is 0 Å². The fraction of sp³-hybridized carbons (Fsp3) is 0.417. The minimum atomic E-state index is 0.207. The van der Waals surface area contributed by atoms with Crippen LogP contribution in [0.1, 0.15) is 27.1 Å². The molecule has 2 aromatic heterocycles. The summed E-state index contributed by atoms with van der Waals surface area (Å²) in [5, 5.41) is 7.78. The Morgan fingerprint density at radius 1 is 1.44 bits per heavy atom. The molecule has 0 aromatic carbocycles. The molecular formula is C12H17N3S. The Hall–Kier alpha value is -1.13. The van der Waals surface area contributed by atoms with Crippen molar-refractivity contribution in [2.45, 2.75) is 19.9 Å². The molecule has 86 valence electrons. The molecule has 0 saturated heterocycles. The number of nitrogens with zero attached hydrogens (tertiary/aromatic N) is 2. The van der Waals surface area contributed by atoms with Crippen molar-refractivity contribution in [3.8, 4) is 0 Å². The average molecular weight is 235 g/mol. The molecule has 2 heterocycles. The Labute approximate surface area is 100 Å². The number of aryl methyl sites for hydroxylation is 3. The first-order valence-electron chi connectivity index (χ1n) is 5.35. The van der Waals surface area contributed by atoms with E-state index in [9.17, 15) is 0 Å². The van der Waals surface area contributed by atoms with Crippen LogP contribution >= 0.6 is 11.3 Å². The van der Waals surface area contributed by atoms with E-state index in [2.05, 4.69) is 36.4 Å². The molecule has 2 aromatic rings. The van der Waals surface area contributed by atoms with Crippen LogP contribution in [-0.4, -0.2) is 16.8 Å². The molecule has 0 aliphatic heterocycles. The van der Waals surface area contributed by atoms with Gasteiger partial charge in [0.25, 0.3) is 0 Å². The van der Waals surface area contributed by atoms with Crippen molar-refractivity contribution in [2.75, 3.05) is 7.05 Å². The molecule has 1 atom stereocenters. The molecule has 0 saturated carbocycles. The van der Waals surface area contributed by atoms with E-state index in [1.165, 1.54) is 15.3 Å². The highest BCUT2D eigenvalue weighted by atomic mass is 32.1. The van der Waals surface area contributed by atoms with Gasteiger partial charge in [0.1, 0.15) is 0 Å². The van der Waals surface area contributed by atoms with Crippen LogP contribution in [0.15, 0.2) is 18.3 Å². The number of aromatic nitrogens is 2. The number of hydrogen-bond acceptors (Lipinski definition) is 3. The zero-order chi connectivity index (χ0) is 11.7. The van der Waals surface area contributed by atoms with Crippen molar-refractivity contribution in [1.82, 2.24) is 15.1 Å². The summed E-state index contributed by atoms with van der Waals surface area (Å²) in [7, 11) is 3.92. The molecule has 4 heteroatoms. The van der Waals surface area contributed by atoms with Gasteiger partial charge in [-0.15, -0.1) is 11.3 Å². The molecule has 0 aliphatic carbocycles. The quantitative estimate of drug-likeness (QED) is 0.885. The molecule has 1 unspecified atom stereocenters. The summed E-state index contributed by atoms with van der Waals surface area (Å²) in [5.74, 6) is 0. The van der Waals surface area contributed by atoms with Crippen LogP contribution in [0, 0.1) is 13.8 Å². The fourth-order valence-corrected chi connectivity index (χ4v) is 2.93. The molecule has 0 aliphatic rings. The fourth-order valence-electron chi connectivity index (χ4n) is 1.77. The van der Waals surface area contributed by atoms with Gasteiger partial charge in [0.2, 0.25) is 0 Å². The largest absolute Gasteiger partial charge is 0.307 e. The van der Waals surface area contributed by atoms with Crippen molar-refractivity contribution < 1.29 is 0 Å². The first-order chi connectivity index (χ1) is 7.61. The third-order valence-electron chi connectivity index (χ3n) is 2.79. The van der Waals surface area contributed by atoms with Crippen LogP contribution in [-0.2, 0) is 7.05 Å². The Morgan fingerprint density at radius 2 is 2.19 bits per heavy atom. The second-order valence-electron chi connectivity index (χ2n) is 4.02. The molecule has 0 fully saturated rings. The SMILES string of the molecule is CNC(c1ccn(C)n1)c1cc(C)c(C)s1. The maximum absolute atomic E-state index is 4.46. The smallest absolute Gasteiger partial charge is 0.0861 e. The summed E-state index contributed by atoms with van der Waals surface area (Å²) in [5.41, 5.74) is 2.43. The van der Waals surface area contributed by atoms with Gasteiger partial charge >= 0.3 is 0 Å². The van der Waals surface area contributed by atoms with Crippen LogP contribution in [0.2, 0.25) is 0 Å². The van der Waals surface area contributed by atoms with E-state index in [0.29, 0.717) is 0 Å². The van der Waals surface area contributed by atoms with Gasteiger partial charge in [-0.1, -0.05) is 0 Å². The van der Waals surface area contributed by atoms with Crippen molar-refractivity contribution in [3.05, 3.63) is 39.3 Å². The predicted octanol–water partition coefficient (Wildman–Crippen LogP) is 2.41. The Balaban J connectivity index is 2.36. The molecular weight excluding hydrogens is 218 g/mol. The van der Waals surface area contributed by atoms with E-state index < -0.39 is 0 Å². The van der Waals surface area contributed by atoms with E-state index in [0.717, 1.165) is 5.69 Å². The normalized spacial score (nSPS) is 13.0. The molecule has 0 bridgehead atoms. The molecule has 1 N–H and O–H groups in total. The minimum absolute atomic E-state index is 0.207. The zero-order valence-electron chi connectivity index (χ0n) is 10.1. The summed E-state index contributed by atoms with van der Waals surface area (Å²) < 4.78 is 1.84. The Kier molecular flexibility index (Phi) is 3.12. The highest BCUT2D eigenvalue weighted by molar-refractivity contribution is 7.12. The van der Waals surface area contributed by atoms with Gasteiger partial charge in [-0.3, -0.25) is 4.68 Å². The number of nitrogens with one attached hydrogen (secondary N) is 1. The highest BCUT2D eigenvalue weighted by Gasteiger charge is 2.17. The van der Waals surface area contributed by atoms with Crippen molar-refractivity contribution in [2.24, 2.45) is 7.05 Å². The third kappa shape index (κ3) is 2.03. The topological polar surface area (TPSA) is 29.9 Å². The lowest BCUT2D eigenvalue weighted by atomic mass is 10.1. The van der Waals surface area contributed by atoms with Crippen LogP contribution in [0.4, 0.5) is 0 Å². The van der Waals surface area contributed by atoms with Gasteiger partial charge in [0.15, 0.2) is 0 Å². The predicted molar refractivity (Wildman–Crippen MR) is 67.9 cm³/mol. The van der Waals surface area contributed by atoms with Gasteiger partial charge in [0.05, 0.1) is 11.7 Å². The number of thiophene rings is 1. The van der Waals surface area contributed by atoms with E-state index in [4.69, 9.17) is 0 Å². The first kappa shape index (κ1) is 11.4. The zero-order valence-corrected chi connectivity index (χ0v) is 10.9. The summed E-state index contributed by atoms with van der Waals surface area (Å²) >= 11 is 1.84. The lowest BCUT2D eigenvalue weighted by molar-refractivity contribution is 0.650. The van der Waals surface area contributed by atoms with E-state index in [1.807, 2.05) is 36.3 Å². The summed E-state index contributed by atoms with van der Waals surface area (Å²) in [6, 6.07) is 4.51. The van der Waals surface area contributed by atoms with E-state index in [-0.39, 0.29) is 6.04 Å². The third-order valence-corrected chi connectivity index (χ3v) is 4.01. The monoisotopic (exact) mass is 235 g/mol. The van der Waals surface area contributed by atoms with Crippen LogP contribution in [0.3, 0.4) is 0 Å². The number of rotatable bonds is 3. The second-order valence-corrected chi connectivity index (χ2v) is 5.31. The summed E-state index contributed by atoms with van der Waals surface area (Å²) in [6.07, 6.45) is 1.98. The van der Waals surface area contributed by atoms with Gasteiger partial charge in [-0.25, -0.2) is 0 Å². The van der Waals surface area contributed by atoms with E-state index >= 15 is 0 Å². The molecule has 3 nitrogen and oxygen atoms in total. The lowest BCUT2D eigenvalue weighted by Gasteiger charge is -2.11.